The fraction of sp³-hybridized carbons (Fsp3) is 0.625. The lowest BCUT2D eigenvalue weighted by Crippen LogP contribution is -2.50. The van der Waals surface area contributed by atoms with Crippen LogP contribution in [0.15, 0.2) is 11.1 Å². The second kappa shape index (κ2) is 4.60. The maximum atomic E-state index is 11.6. The number of anilines is 1. The number of nitrogens with zero attached hydrogens (tertiary/aromatic N) is 3. The summed E-state index contributed by atoms with van der Waals surface area (Å²) >= 11 is 0. The zero-order valence-electron chi connectivity index (χ0n) is 9.62. The van der Waals surface area contributed by atoms with Crippen molar-refractivity contribution >= 4 is 21.6 Å². The molecule has 0 aliphatic carbocycles. The summed E-state index contributed by atoms with van der Waals surface area (Å²) < 4.78 is 5.90. The van der Waals surface area contributed by atoms with Crippen molar-refractivity contribution < 1.29 is 20.1 Å². The molecular formula is C8H10B2N4O5. The minimum absolute atomic E-state index is 0.250. The summed E-state index contributed by atoms with van der Waals surface area (Å²) in [5, 5.41) is 26.5. The van der Waals surface area contributed by atoms with Crippen LogP contribution >= 0.6 is 0 Å². The summed E-state index contributed by atoms with van der Waals surface area (Å²) in [7, 11) is 10.4. The quantitative estimate of drug-likeness (QED) is 0.394. The van der Waals surface area contributed by atoms with E-state index >= 15 is 0 Å². The van der Waals surface area contributed by atoms with Crippen molar-refractivity contribution in [3.05, 3.63) is 16.8 Å². The average molecular weight is 264 g/mol. The molecule has 1 fully saturated rings. The van der Waals surface area contributed by atoms with Crippen molar-refractivity contribution in [1.82, 2.24) is 14.5 Å². The van der Waals surface area contributed by atoms with E-state index in [1.807, 2.05) is 0 Å². The van der Waals surface area contributed by atoms with Gasteiger partial charge in [-0.05, 0) is 0 Å². The fourth-order valence-electron chi connectivity index (χ4n) is 1.80. The molecule has 5 N–H and O–H groups in total. The molecule has 11 heteroatoms. The largest absolute Gasteiger partial charge is 0.406 e. The molecule has 0 bridgehead atoms. The normalized spacial score (nSPS) is 31.5. The summed E-state index contributed by atoms with van der Waals surface area (Å²) in [5.41, 5.74) is 4.37. The Morgan fingerprint density at radius 3 is 2.53 bits per heavy atom. The number of ether oxygens (including phenoxy) is 1. The van der Waals surface area contributed by atoms with Gasteiger partial charge in [0.2, 0.25) is 5.95 Å². The van der Waals surface area contributed by atoms with Crippen molar-refractivity contribution in [3.63, 3.8) is 0 Å². The molecule has 1 aromatic rings. The van der Waals surface area contributed by atoms with Gasteiger partial charge in [0.15, 0.2) is 6.23 Å². The Hall–Kier alpha value is -1.42. The van der Waals surface area contributed by atoms with Crippen LogP contribution in [0.1, 0.15) is 6.23 Å². The number of rotatable bonds is 2. The van der Waals surface area contributed by atoms with Crippen molar-refractivity contribution in [2.24, 2.45) is 0 Å². The first-order valence-electron chi connectivity index (χ1n) is 5.24. The van der Waals surface area contributed by atoms with Crippen LogP contribution in [0.3, 0.4) is 0 Å². The molecule has 4 atom stereocenters. The minimum Gasteiger partial charge on any atom is -0.406 e. The van der Waals surface area contributed by atoms with Crippen LogP contribution in [0.25, 0.3) is 0 Å². The van der Waals surface area contributed by atoms with Gasteiger partial charge in [0.05, 0.1) is 0 Å². The predicted molar refractivity (Wildman–Crippen MR) is 63.1 cm³/mol. The van der Waals surface area contributed by atoms with Crippen LogP contribution in [-0.2, 0) is 4.74 Å². The molecular weight excluding hydrogens is 254 g/mol. The molecule has 0 saturated carbocycles. The van der Waals surface area contributed by atoms with E-state index in [1.165, 1.54) is 0 Å². The summed E-state index contributed by atoms with van der Waals surface area (Å²) in [6.45, 7) is 0. The second-order valence-corrected chi connectivity index (χ2v) is 4.22. The fourth-order valence-corrected chi connectivity index (χ4v) is 1.80. The molecule has 0 aromatic carbocycles. The van der Waals surface area contributed by atoms with Gasteiger partial charge in [-0.2, -0.15) is 4.98 Å². The van der Waals surface area contributed by atoms with E-state index in [0.29, 0.717) is 0 Å². The monoisotopic (exact) mass is 264 g/mol. The molecule has 4 unspecified atom stereocenters. The van der Waals surface area contributed by atoms with E-state index in [4.69, 9.17) is 26.2 Å². The second-order valence-electron chi connectivity index (χ2n) is 4.22. The summed E-state index contributed by atoms with van der Waals surface area (Å²) in [6.07, 6.45) is -4.98. The van der Waals surface area contributed by atoms with Crippen molar-refractivity contribution in [2.75, 3.05) is 5.73 Å². The molecule has 2 heterocycles. The first-order valence-corrected chi connectivity index (χ1v) is 5.24. The summed E-state index contributed by atoms with van der Waals surface area (Å²) in [5.74, 6) is -0.250. The lowest BCUT2D eigenvalue weighted by Gasteiger charge is -2.28. The maximum absolute atomic E-state index is 11.6. The Morgan fingerprint density at radius 1 is 1.42 bits per heavy atom. The number of nitrogen functional groups attached to an aromatic ring is 1. The van der Waals surface area contributed by atoms with Gasteiger partial charge in [-0.3, -0.25) is 4.57 Å². The molecule has 0 spiro atoms. The van der Waals surface area contributed by atoms with Crippen LogP contribution < -0.4 is 11.4 Å². The first-order chi connectivity index (χ1) is 8.71. The zero-order chi connectivity index (χ0) is 14.4. The highest BCUT2D eigenvalue weighted by molar-refractivity contribution is 6.39. The number of hydrogen-bond acceptors (Lipinski definition) is 8. The van der Waals surface area contributed by atoms with Gasteiger partial charge in [-0.1, -0.05) is 0 Å². The molecule has 0 amide bonds. The standard InChI is InChI=1S/C8H10B2N4O5/c9-8(10,18)4-2(15)3(16)5(19-4)14-1-12-6(11)13-7(14)17/h1-5,15-16,18H,(H2,11,13,17). The summed E-state index contributed by atoms with van der Waals surface area (Å²) in [4.78, 5) is 18.5. The number of aliphatic hydroxyl groups excluding tert-OH is 2. The van der Waals surface area contributed by atoms with Crippen LogP contribution in [0.5, 0.6) is 0 Å². The lowest BCUT2D eigenvalue weighted by atomic mass is 9.61. The smallest absolute Gasteiger partial charge is 0.354 e. The van der Waals surface area contributed by atoms with Gasteiger partial charge in [-0.15, -0.1) is 0 Å². The van der Waals surface area contributed by atoms with Gasteiger partial charge in [-0.25, -0.2) is 9.78 Å². The van der Waals surface area contributed by atoms with E-state index in [-0.39, 0.29) is 5.95 Å². The maximum Gasteiger partial charge on any atom is 0.354 e. The van der Waals surface area contributed by atoms with Crippen LogP contribution in [0, 0.1) is 0 Å². The highest BCUT2D eigenvalue weighted by Crippen LogP contribution is 2.31. The van der Waals surface area contributed by atoms with Crippen molar-refractivity contribution in [1.29, 1.82) is 0 Å². The van der Waals surface area contributed by atoms with Crippen molar-refractivity contribution in [3.8, 4) is 0 Å². The van der Waals surface area contributed by atoms with E-state index in [1.54, 1.807) is 0 Å². The molecule has 1 saturated heterocycles. The molecule has 2 rings (SSSR count). The predicted octanol–water partition coefficient (Wildman–Crippen LogP) is -4.18. The molecule has 1 aliphatic heterocycles. The molecule has 9 nitrogen and oxygen atoms in total. The SMILES string of the molecule is [B]C([B])(O)C1OC(n2cnc(N)nc2=O)C(O)C1O. The Morgan fingerprint density at radius 2 is 2.05 bits per heavy atom. The van der Waals surface area contributed by atoms with E-state index in [9.17, 15) is 20.1 Å². The molecule has 4 radical (unpaired) electrons. The number of hydrogen-bond donors (Lipinski definition) is 4. The highest BCUT2D eigenvalue weighted by atomic mass is 16.6. The van der Waals surface area contributed by atoms with Gasteiger partial charge >= 0.3 is 5.69 Å². The van der Waals surface area contributed by atoms with Gasteiger partial charge in [0.1, 0.15) is 40.3 Å². The van der Waals surface area contributed by atoms with Gasteiger partial charge < -0.3 is 25.8 Å². The van der Waals surface area contributed by atoms with Crippen LogP contribution in [0.2, 0.25) is 0 Å². The third kappa shape index (κ3) is 2.50. The Bertz CT molecular complexity index is 533. The Kier molecular flexibility index (Phi) is 3.39. The van der Waals surface area contributed by atoms with Crippen molar-refractivity contribution in [2.45, 2.75) is 29.9 Å². The Balaban J connectivity index is 2.34. The van der Waals surface area contributed by atoms with Gasteiger partial charge in [0, 0.05) is 5.40 Å². The topological polar surface area (TPSA) is 144 Å². The number of aliphatic hydroxyl groups is 3. The van der Waals surface area contributed by atoms with E-state index in [0.717, 1.165) is 10.9 Å². The first kappa shape index (κ1) is 14.0. The van der Waals surface area contributed by atoms with E-state index in [2.05, 4.69) is 9.97 Å². The number of aromatic nitrogens is 3. The number of nitrogens with two attached hydrogens (primary N) is 1. The van der Waals surface area contributed by atoms with Gasteiger partial charge in [0.25, 0.3) is 0 Å². The van der Waals surface area contributed by atoms with E-state index < -0.39 is 35.6 Å². The third-order valence-electron chi connectivity index (χ3n) is 2.71. The minimum atomic E-state index is -2.38. The highest BCUT2D eigenvalue weighted by Gasteiger charge is 2.49. The van der Waals surface area contributed by atoms with Crippen LogP contribution in [-0.4, -0.2) is 69.3 Å². The molecule has 1 aliphatic rings. The van der Waals surface area contributed by atoms with Crippen LogP contribution in [0.4, 0.5) is 5.95 Å². The average Bonchev–Trinajstić information content (AvgIpc) is 2.56. The third-order valence-corrected chi connectivity index (χ3v) is 2.71. The molecule has 1 aromatic heterocycles. The Labute approximate surface area is 109 Å². The molecule has 19 heavy (non-hydrogen) atoms. The lowest BCUT2D eigenvalue weighted by molar-refractivity contribution is -0.0770. The zero-order valence-corrected chi connectivity index (χ0v) is 9.62. The summed E-state index contributed by atoms with van der Waals surface area (Å²) in [6, 6.07) is 0. The molecule has 98 valence electrons.